The van der Waals surface area contributed by atoms with Gasteiger partial charge in [-0.1, -0.05) is 0 Å². The Morgan fingerprint density at radius 3 is 2.94 bits per heavy atom. The first-order valence-electron chi connectivity index (χ1n) is 5.19. The Morgan fingerprint density at radius 2 is 2.24 bits per heavy atom. The van der Waals surface area contributed by atoms with Crippen molar-refractivity contribution < 1.29 is 14.4 Å². The molecule has 2 amide bonds. The Bertz CT molecular complexity index is 473. The van der Waals surface area contributed by atoms with E-state index in [9.17, 15) is 14.4 Å². The van der Waals surface area contributed by atoms with E-state index in [4.69, 9.17) is 0 Å². The summed E-state index contributed by atoms with van der Waals surface area (Å²) in [7, 11) is 0. The molecule has 0 bridgehead atoms. The standard InChI is InChI=1S/C11H11N3O3/c15-6-7-3-8(5-12-4-7)13-9-1-2-10(16)14-11(9)17/h3-6,9,13H,1-2H2,(H,14,16,17). The van der Waals surface area contributed by atoms with Crippen LogP contribution in [0.1, 0.15) is 23.2 Å². The lowest BCUT2D eigenvalue weighted by molar-refractivity contribution is -0.133. The van der Waals surface area contributed by atoms with Gasteiger partial charge in [-0.3, -0.25) is 24.7 Å². The van der Waals surface area contributed by atoms with Crippen molar-refractivity contribution in [1.82, 2.24) is 10.3 Å². The second-order valence-electron chi connectivity index (χ2n) is 3.77. The van der Waals surface area contributed by atoms with Crippen molar-refractivity contribution in [3.63, 3.8) is 0 Å². The molecular weight excluding hydrogens is 222 g/mol. The van der Waals surface area contributed by atoms with Gasteiger partial charge in [0.05, 0.1) is 5.69 Å². The molecule has 2 rings (SSSR count). The summed E-state index contributed by atoms with van der Waals surface area (Å²) >= 11 is 0. The summed E-state index contributed by atoms with van der Waals surface area (Å²) in [6, 6.07) is 1.14. The smallest absolute Gasteiger partial charge is 0.249 e. The molecule has 6 nitrogen and oxygen atoms in total. The Morgan fingerprint density at radius 1 is 1.41 bits per heavy atom. The van der Waals surface area contributed by atoms with Crippen LogP contribution >= 0.6 is 0 Å². The molecule has 88 valence electrons. The maximum Gasteiger partial charge on any atom is 0.249 e. The van der Waals surface area contributed by atoms with Gasteiger partial charge < -0.3 is 5.32 Å². The quantitative estimate of drug-likeness (QED) is 0.571. The average molecular weight is 233 g/mol. The van der Waals surface area contributed by atoms with E-state index < -0.39 is 6.04 Å². The van der Waals surface area contributed by atoms with Crippen molar-refractivity contribution in [2.24, 2.45) is 0 Å². The highest BCUT2D eigenvalue weighted by atomic mass is 16.2. The minimum Gasteiger partial charge on any atom is -0.372 e. The van der Waals surface area contributed by atoms with Crippen LogP contribution in [0.2, 0.25) is 0 Å². The van der Waals surface area contributed by atoms with Gasteiger partial charge >= 0.3 is 0 Å². The van der Waals surface area contributed by atoms with Gasteiger partial charge in [-0.2, -0.15) is 0 Å². The number of hydrogen-bond acceptors (Lipinski definition) is 5. The first-order valence-corrected chi connectivity index (χ1v) is 5.19. The minimum absolute atomic E-state index is 0.257. The summed E-state index contributed by atoms with van der Waals surface area (Å²) in [5.41, 5.74) is 1.02. The Balaban J connectivity index is 2.07. The third-order valence-corrected chi connectivity index (χ3v) is 2.48. The molecule has 1 unspecified atom stereocenters. The maximum absolute atomic E-state index is 11.5. The SMILES string of the molecule is O=Cc1cncc(NC2CCC(=O)NC2=O)c1. The molecule has 1 saturated heterocycles. The van der Waals surface area contributed by atoms with E-state index in [0.29, 0.717) is 30.4 Å². The summed E-state index contributed by atoms with van der Waals surface area (Å²) in [6.45, 7) is 0. The van der Waals surface area contributed by atoms with Crippen LogP contribution in [0.3, 0.4) is 0 Å². The molecule has 6 heteroatoms. The fourth-order valence-electron chi connectivity index (χ4n) is 1.63. The molecule has 0 spiro atoms. The number of imide groups is 1. The predicted molar refractivity (Wildman–Crippen MR) is 59.4 cm³/mol. The normalized spacial score (nSPS) is 19.6. The molecule has 2 N–H and O–H groups in total. The zero-order valence-corrected chi connectivity index (χ0v) is 8.97. The summed E-state index contributed by atoms with van der Waals surface area (Å²) in [5.74, 6) is -0.606. The lowest BCUT2D eigenvalue weighted by Gasteiger charge is -2.22. The van der Waals surface area contributed by atoms with Gasteiger partial charge in [0, 0.05) is 24.4 Å². The van der Waals surface area contributed by atoms with E-state index in [0.717, 1.165) is 0 Å². The number of nitrogens with one attached hydrogen (secondary N) is 2. The number of rotatable bonds is 3. The van der Waals surface area contributed by atoms with Crippen LogP contribution in [0.15, 0.2) is 18.5 Å². The molecule has 2 heterocycles. The van der Waals surface area contributed by atoms with E-state index >= 15 is 0 Å². The first kappa shape index (κ1) is 11.3. The Hall–Kier alpha value is -2.24. The second-order valence-corrected chi connectivity index (χ2v) is 3.77. The lowest BCUT2D eigenvalue weighted by Crippen LogP contribution is -2.47. The molecule has 0 radical (unpaired) electrons. The monoisotopic (exact) mass is 233 g/mol. The highest BCUT2D eigenvalue weighted by Crippen LogP contribution is 2.13. The molecule has 1 aliphatic heterocycles. The number of carbonyl (C=O) groups is 3. The van der Waals surface area contributed by atoms with Crippen LogP contribution in [-0.2, 0) is 9.59 Å². The van der Waals surface area contributed by atoms with E-state index in [1.807, 2.05) is 0 Å². The number of nitrogens with zero attached hydrogens (tertiary/aromatic N) is 1. The number of piperidine rings is 1. The van der Waals surface area contributed by atoms with Gasteiger partial charge in [-0.05, 0) is 12.5 Å². The first-order chi connectivity index (χ1) is 8.19. The maximum atomic E-state index is 11.5. The van der Waals surface area contributed by atoms with Gasteiger partial charge in [0.1, 0.15) is 6.04 Å². The average Bonchev–Trinajstić information content (AvgIpc) is 2.33. The summed E-state index contributed by atoms with van der Waals surface area (Å²) in [6.07, 6.45) is 4.39. The molecule has 1 atom stereocenters. The molecule has 17 heavy (non-hydrogen) atoms. The fourth-order valence-corrected chi connectivity index (χ4v) is 1.63. The Kier molecular flexibility index (Phi) is 3.13. The number of anilines is 1. The van der Waals surface area contributed by atoms with Gasteiger partial charge in [-0.25, -0.2) is 0 Å². The number of hydrogen-bond donors (Lipinski definition) is 2. The molecule has 1 aromatic rings. The number of aldehydes is 1. The molecule has 0 aromatic carbocycles. The largest absolute Gasteiger partial charge is 0.372 e. The fraction of sp³-hybridized carbons (Fsp3) is 0.273. The van der Waals surface area contributed by atoms with Gasteiger partial charge in [0.15, 0.2) is 6.29 Å². The lowest BCUT2D eigenvalue weighted by atomic mass is 10.1. The predicted octanol–water partition coefficient (Wildman–Crippen LogP) is 0.111. The van der Waals surface area contributed by atoms with Crippen LogP contribution in [0.4, 0.5) is 5.69 Å². The third kappa shape index (κ3) is 2.66. The highest BCUT2D eigenvalue weighted by Gasteiger charge is 2.26. The molecule has 1 aromatic heterocycles. The van der Waals surface area contributed by atoms with Crippen LogP contribution < -0.4 is 10.6 Å². The molecule has 0 aliphatic carbocycles. The van der Waals surface area contributed by atoms with Gasteiger partial charge in [0.2, 0.25) is 11.8 Å². The molecule has 1 aliphatic rings. The van der Waals surface area contributed by atoms with Crippen LogP contribution in [-0.4, -0.2) is 29.1 Å². The number of pyridine rings is 1. The van der Waals surface area contributed by atoms with Crippen molar-refractivity contribution in [2.75, 3.05) is 5.32 Å². The van der Waals surface area contributed by atoms with Gasteiger partial charge in [-0.15, -0.1) is 0 Å². The third-order valence-electron chi connectivity index (χ3n) is 2.48. The summed E-state index contributed by atoms with van der Waals surface area (Å²) in [5, 5.41) is 5.19. The van der Waals surface area contributed by atoms with E-state index in [-0.39, 0.29) is 11.8 Å². The topological polar surface area (TPSA) is 88.2 Å². The second kappa shape index (κ2) is 4.73. The van der Waals surface area contributed by atoms with Crippen molar-refractivity contribution in [3.05, 3.63) is 24.0 Å². The molecule has 1 fully saturated rings. The van der Waals surface area contributed by atoms with Crippen LogP contribution in [0.5, 0.6) is 0 Å². The summed E-state index contributed by atoms with van der Waals surface area (Å²) < 4.78 is 0. The number of amides is 2. The minimum atomic E-state index is -0.462. The van der Waals surface area contributed by atoms with Crippen molar-refractivity contribution in [3.8, 4) is 0 Å². The number of aromatic nitrogens is 1. The zero-order valence-electron chi connectivity index (χ0n) is 8.97. The van der Waals surface area contributed by atoms with Crippen LogP contribution in [0, 0.1) is 0 Å². The van der Waals surface area contributed by atoms with E-state index in [1.165, 1.54) is 12.4 Å². The van der Waals surface area contributed by atoms with E-state index in [1.54, 1.807) is 6.07 Å². The van der Waals surface area contributed by atoms with Crippen molar-refractivity contribution in [2.45, 2.75) is 18.9 Å². The van der Waals surface area contributed by atoms with Crippen molar-refractivity contribution in [1.29, 1.82) is 0 Å². The van der Waals surface area contributed by atoms with Gasteiger partial charge in [0.25, 0.3) is 0 Å². The number of carbonyl (C=O) groups excluding carboxylic acids is 3. The highest BCUT2D eigenvalue weighted by molar-refractivity contribution is 6.01. The zero-order chi connectivity index (χ0) is 12.3. The van der Waals surface area contributed by atoms with E-state index in [2.05, 4.69) is 15.6 Å². The summed E-state index contributed by atoms with van der Waals surface area (Å²) in [4.78, 5) is 36.9. The Labute approximate surface area is 97.4 Å². The molecular formula is C11H11N3O3. The van der Waals surface area contributed by atoms with Crippen molar-refractivity contribution >= 4 is 23.8 Å². The molecule has 0 saturated carbocycles. The van der Waals surface area contributed by atoms with Crippen LogP contribution in [0.25, 0.3) is 0 Å².